The van der Waals surface area contributed by atoms with E-state index in [9.17, 15) is 0 Å². The molecule has 0 atom stereocenters. The molecule has 2 nitrogen and oxygen atoms in total. The van der Waals surface area contributed by atoms with Crippen molar-refractivity contribution in [2.45, 2.75) is 25.6 Å². The van der Waals surface area contributed by atoms with E-state index < -0.39 is 0 Å². The van der Waals surface area contributed by atoms with Gasteiger partial charge in [0.2, 0.25) is 0 Å². The third-order valence-corrected chi connectivity index (χ3v) is 2.94. The second kappa shape index (κ2) is 3.21. The predicted octanol–water partition coefficient (Wildman–Crippen LogP) is 2.58. The first-order valence-electron chi connectivity index (χ1n) is 3.56. The Kier molecular flexibility index (Phi) is 2.25. The summed E-state index contributed by atoms with van der Waals surface area (Å²) in [6.45, 7) is 0.681. The number of aromatic nitrogens is 1. The summed E-state index contributed by atoms with van der Waals surface area (Å²) in [5, 5.41) is 1.06. The van der Waals surface area contributed by atoms with Gasteiger partial charge in [-0.05, 0) is 28.8 Å². The molecule has 1 saturated carbocycles. The van der Waals surface area contributed by atoms with Crippen molar-refractivity contribution in [1.82, 2.24) is 4.98 Å². The van der Waals surface area contributed by atoms with Gasteiger partial charge < -0.3 is 4.74 Å². The molecule has 0 spiro atoms. The number of thiazole rings is 1. The first kappa shape index (κ1) is 7.71. The molecule has 1 heterocycles. The first-order valence-corrected chi connectivity index (χ1v) is 5.17. The molecule has 1 aromatic rings. The molecule has 2 rings (SSSR count). The van der Waals surface area contributed by atoms with E-state index in [2.05, 4.69) is 20.9 Å². The molecule has 1 aliphatic rings. The molecular formula is C7H8BrNOS. The van der Waals surface area contributed by atoms with Crippen LogP contribution >= 0.6 is 27.3 Å². The molecule has 1 fully saturated rings. The minimum Gasteiger partial charge on any atom is -0.371 e. The number of hydrogen-bond donors (Lipinski definition) is 0. The summed E-state index contributed by atoms with van der Waals surface area (Å²) >= 11 is 4.99. The van der Waals surface area contributed by atoms with Crippen LogP contribution in [0, 0.1) is 0 Å². The summed E-state index contributed by atoms with van der Waals surface area (Å²) < 4.78 is 6.56. The molecule has 0 N–H and O–H groups in total. The number of nitrogens with zero attached hydrogens (tertiary/aromatic N) is 1. The number of ether oxygens (including phenoxy) is 1. The van der Waals surface area contributed by atoms with Crippen molar-refractivity contribution in [3.05, 3.63) is 15.0 Å². The summed E-state index contributed by atoms with van der Waals surface area (Å²) in [6.07, 6.45) is 4.80. The van der Waals surface area contributed by atoms with Crippen LogP contribution in [0.1, 0.15) is 17.8 Å². The third-order valence-electron chi connectivity index (χ3n) is 1.49. The SMILES string of the molecule is Brc1cnc(COC2CC2)s1. The van der Waals surface area contributed by atoms with Crippen LogP contribution in [-0.2, 0) is 11.3 Å². The van der Waals surface area contributed by atoms with Gasteiger partial charge in [0.05, 0.1) is 22.7 Å². The molecule has 0 amide bonds. The fraction of sp³-hybridized carbons (Fsp3) is 0.571. The first-order chi connectivity index (χ1) is 5.34. The van der Waals surface area contributed by atoms with Crippen LogP contribution in [0.2, 0.25) is 0 Å². The Bertz CT molecular complexity index is 246. The number of rotatable bonds is 3. The summed E-state index contributed by atoms with van der Waals surface area (Å²) in [7, 11) is 0. The van der Waals surface area contributed by atoms with Gasteiger partial charge in [-0.1, -0.05) is 0 Å². The maximum atomic E-state index is 5.48. The lowest BCUT2D eigenvalue weighted by molar-refractivity contribution is 0.106. The summed E-state index contributed by atoms with van der Waals surface area (Å²) in [5.74, 6) is 0. The van der Waals surface area contributed by atoms with Crippen LogP contribution in [0.4, 0.5) is 0 Å². The van der Waals surface area contributed by atoms with E-state index in [1.54, 1.807) is 11.3 Å². The van der Waals surface area contributed by atoms with Crippen LogP contribution in [0.3, 0.4) is 0 Å². The molecule has 11 heavy (non-hydrogen) atoms. The van der Waals surface area contributed by atoms with E-state index in [1.165, 1.54) is 12.8 Å². The van der Waals surface area contributed by atoms with Gasteiger partial charge >= 0.3 is 0 Å². The van der Waals surface area contributed by atoms with Crippen LogP contribution in [0.25, 0.3) is 0 Å². The monoisotopic (exact) mass is 233 g/mol. The molecule has 0 radical (unpaired) electrons. The van der Waals surface area contributed by atoms with E-state index >= 15 is 0 Å². The Balaban J connectivity index is 1.85. The number of hydrogen-bond acceptors (Lipinski definition) is 3. The van der Waals surface area contributed by atoms with Crippen molar-refractivity contribution in [3.8, 4) is 0 Å². The second-order valence-corrected chi connectivity index (χ2v) is 5.06. The molecule has 0 aromatic carbocycles. The van der Waals surface area contributed by atoms with Gasteiger partial charge in [-0.2, -0.15) is 0 Å². The molecule has 1 aliphatic carbocycles. The van der Waals surface area contributed by atoms with Crippen molar-refractivity contribution in [1.29, 1.82) is 0 Å². The summed E-state index contributed by atoms with van der Waals surface area (Å²) in [5.41, 5.74) is 0. The van der Waals surface area contributed by atoms with Crippen LogP contribution < -0.4 is 0 Å². The highest BCUT2D eigenvalue weighted by Crippen LogP contribution is 2.26. The molecule has 0 bridgehead atoms. The third kappa shape index (κ3) is 2.25. The van der Waals surface area contributed by atoms with Gasteiger partial charge in [0, 0.05) is 0 Å². The Morgan fingerprint density at radius 2 is 2.55 bits per heavy atom. The zero-order chi connectivity index (χ0) is 7.68. The van der Waals surface area contributed by atoms with Crippen molar-refractivity contribution in [3.63, 3.8) is 0 Å². The van der Waals surface area contributed by atoms with Crippen molar-refractivity contribution in [2.24, 2.45) is 0 Å². The lowest BCUT2D eigenvalue weighted by Gasteiger charge is -1.95. The molecule has 4 heteroatoms. The lowest BCUT2D eigenvalue weighted by Crippen LogP contribution is -1.92. The minimum atomic E-state index is 0.526. The predicted molar refractivity (Wildman–Crippen MR) is 47.6 cm³/mol. The quantitative estimate of drug-likeness (QED) is 0.801. The average molecular weight is 234 g/mol. The normalized spacial score (nSPS) is 17.2. The summed E-state index contributed by atoms with van der Waals surface area (Å²) in [4.78, 5) is 4.16. The Morgan fingerprint density at radius 3 is 3.09 bits per heavy atom. The van der Waals surface area contributed by atoms with Crippen molar-refractivity contribution in [2.75, 3.05) is 0 Å². The molecule has 0 unspecified atom stereocenters. The van der Waals surface area contributed by atoms with Gasteiger partial charge in [0.1, 0.15) is 5.01 Å². The van der Waals surface area contributed by atoms with E-state index in [1.807, 2.05) is 6.20 Å². The van der Waals surface area contributed by atoms with Gasteiger partial charge in [0.15, 0.2) is 0 Å². The maximum absolute atomic E-state index is 5.48. The Hall–Kier alpha value is 0.0700. The molecule has 0 aliphatic heterocycles. The fourth-order valence-corrected chi connectivity index (χ4v) is 2.00. The van der Waals surface area contributed by atoms with Gasteiger partial charge in [-0.25, -0.2) is 4.98 Å². The maximum Gasteiger partial charge on any atom is 0.119 e. The van der Waals surface area contributed by atoms with Gasteiger partial charge in [0.25, 0.3) is 0 Å². The molecule has 1 aromatic heterocycles. The minimum absolute atomic E-state index is 0.526. The zero-order valence-corrected chi connectivity index (χ0v) is 8.32. The van der Waals surface area contributed by atoms with Gasteiger partial charge in [-0.15, -0.1) is 11.3 Å². The largest absolute Gasteiger partial charge is 0.371 e. The molecular weight excluding hydrogens is 226 g/mol. The highest BCUT2D eigenvalue weighted by molar-refractivity contribution is 9.11. The smallest absolute Gasteiger partial charge is 0.119 e. The summed E-state index contributed by atoms with van der Waals surface area (Å²) in [6, 6.07) is 0. The van der Waals surface area contributed by atoms with E-state index in [0.29, 0.717) is 12.7 Å². The Labute approximate surface area is 77.7 Å². The van der Waals surface area contributed by atoms with Crippen LogP contribution in [0.15, 0.2) is 9.98 Å². The second-order valence-electron chi connectivity index (χ2n) is 2.57. The van der Waals surface area contributed by atoms with Gasteiger partial charge in [-0.3, -0.25) is 0 Å². The van der Waals surface area contributed by atoms with E-state index in [-0.39, 0.29) is 0 Å². The highest BCUT2D eigenvalue weighted by Gasteiger charge is 2.22. The lowest BCUT2D eigenvalue weighted by atomic mass is 10.7. The average Bonchev–Trinajstić information content (AvgIpc) is 2.72. The van der Waals surface area contributed by atoms with Crippen molar-refractivity contribution < 1.29 is 4.74 Å². The zero-order valence-electron chi connectivity index (χ0n) is 5.92. The molecule has 0 saturated heterocycles. The Morgan fingerprint density at radius 1 is 1.73 bits per heavy atom. The van der Waals surface area contributed by atoms with Crippen molar-refractivity contribution >= 4 is 27.3 Å². The standard InChI is InChI=1S/C7H8BrNOS/c8-6-3-9-7(11-6)4-10-5-1-2-5/h3,5H,1-2,4H2. The van der Waals surface area contributed by atoms with Crippen LogP contribution in [-0.4, -0.2) is 11.1 Å². The van der Waals surface area contributed by atoms with E-state index in [4.69, 9.17) is 4.74 Å². The highest BCUT2D eigenvalue weighted by atomic mass is 79.9. The number of halogens is 1. The molecule has 60 valence electrons. The van der Waals surface area contributed by atoms with E-state index in [0.717, 1.165) is 8.79 Å². The van der Waals surface area contributed by atoms with Crippen LogP contribution in [0.5, 0.6) is 0 Å². The fourth-order valence-electron chi connectivity index (χ4n) is 0.779. The topological polar surface area (TPSA) is 22.1 Å².